The number of hydrogen-bond donors (Lipinski definition) is 0. The molecular formula is C24H42O3S2. The number of thioether (sulfide) groups is 1. The minimum Gasteiger partial charge on any atom is -0.616 e. The molecule has 0 saturated heterocycles. The van der Waals surface area contributed by atoms with Gasteiger partial charge in [0.1, 0.15) is 11.0 Å². The predicted octanol–water partition coefficient (Wildman–Crippen LogP) is 7.00. The van der Waals surface area contributed by atoms with Gasteiger partial charge in [-0.25, -0.2) is 0 Å². The lowest BCUT2D eigenvalue weighted by molar-refractivity contribution is 0.174. The van der Waals surface area contributed by atoms with Gasteiger partial charge in [-0.15, -0.1) is 0 Å². The summed E-state index contributed by atoms with van der Waals surface area (Å²) in [5.74, 6) is 3.79. The standard InChI is InChI=1S/C18H28O3S.C6H14S/c1-3-4-5-6-7-8-11-22(19)15(2)12-16-9-10-17-18(13-16)21-14-20-17;1-3-4-5-6-7-2/h9-10,13,15H,3-8,11-12,14H2,1-2H3;3-6H2,1-2H3. The molecule has 5 heteroatoms. The van der Waals surface area contributed by atoms with Gasteiger partial charge in [-0.1, -0.05) is 69.6 Å². The third kappa shape index (κ3) is 12.0. The molecule has 2 atom stereocenters. The van der Waals surface area contributed by atoms with Crippen LogP contribution in [0.5, 0.6) is 11.5 Å². The Morgan fingerprint density at radius 1 is 0.966 bits per heavy atom. The summed E-state index contributed by atoms with van der Waals surface area (Å²) in [6.07, 6.45) is 14.6. The topological polar surface area (TPSA) is 41.5 Å². The monoisotopic (exact) mass is 442 g/mol. The van der Waals surface area contributed by atoms with Crippen LogP contribution in [0.15, 0.2) is 18.2 Å². The summed E-state index contributed by atoms with van der Waals surface area (Å²) in [4.78, 5) is 0. The Bertz CT molecular complexity index is 521. The molecule has 2 rings (SSSR count). The summed E-state index contributed by atoms with van der Waals surface area (Å²) in [7, 11) is 0. The molecule has 29 heavy (non-hydrogen) atoms. The highest BCUT2D eigenvalue weighted by molar-refractivity contribution is 7.98. The van der Waals surface area contributed by atoms with Crippen LogP contribution in [0, 0.1) is 0 Å². The molecule has 1 aromatic carbocycles. The van der Waals surface area contributed by atoms with Crippen molar-refractivity contribution >= 4 is 22.9 Å². The Morgan fingerprint density at radius 3 is 2.34 bits per heavy atom. The number of hydrogen-bond acceptors (Lipinski definition) is 4. The van der Waals surface area contributed by atoms with Crippen molar-refractivity contribution < 1.29 is 14.0 Å². The van der Waals surface area contributed by atoms with Crippen LogP contribution in [-0.2, 0) is 17.6 Å². The second-order valence-electron chi connectivity index (χ2n) is 7.75. The molecule has 1 aliphatic heterocycles. The highest BCUT2D eigenvalue weighted by Crippen LogP contribution is 2.33. The third-order valence-corrected chi connectivity index (χ3v) is 7.51. The summed E-state index contributed by atoms with van der Waals surface area (Å²) < 4.78 is 23.0. The van der Waals surface area contributed by atoms with Gasteiger partial charge in [0.2, 0.25) is 6.79 Å². The van der Waals surface area contributed by atoms with Crippen LogP contribution in [0.2, 0.25) is 0 Å². The summed E-state index contributed by atoms with van der Waals surface area (Å²) in [6, 6.07) is 6.01. The van der Waals surface area contributed by atoms with Crippen molar-refractivity contribution in [2.75, 3.05) is 24.6 Å². The van der Waals surface area contributed by atoms with E-state index in [1.54, 1.807) is 0 Å². The lowest BCUT2D eigenvalue weighted by Crippen LogP contribution is -2.23. The second-order valence-corrected chi connectivity index (χ2v) is 10.7. The SMILES string of the molecule is CCCCCCCC[S+]([O-])C(C)Cc1ccc2c(c1)OCO2.CCCCCSC. The highest BCUT2D eigenvalue weighted by Gasteiger charge is 2.19. The molecule has 2 unspecified atom stereocenters. The third-order valence-electron chi connectivity index (χ3n) is 5.06. The molecule has 168 valence electrons. The minimum absolute atomic E-state index is 0.191. The van der Waals surface area contributed by atoms with Gasteiger partial charge in [0, 0.05) is 6.42 Å². The van der Waals surface area contributed by atoms with Gasteiger partial charge in [-0.05, 0) is 55.9 Å². The minimum atomic E-state index is -0.743. The quantitative estimate of drug-likeness (QED) is 0.230. The number of unbranched alkanes of at least 4 members (excludes halogenated alkanes) is 7. The van der Waals surface area contributed by atoms with Crippen molar-refractivity contribution in [1.29, 1.82) is 0 Å². The van der Waals surface area contributed by atoms with Crippen LogP contribution in [0.1, 0.15) is 84.1 Å². The zero-order chi connectivity index (χ0) is 21.3. The van der Waals surface area contributed by atoms with E-state index in [2.05, 4.69) is 27.0 Å². The zero-order valence-corrected chi connectivity index (χ0v) is 20.7. The molecule has 1 heterocycles. The van der Waals surface area contributed by atoms with Crippen molar-refractivity contribution in [2.45, 2.75) is 90.2 Å². The molecule has 0 aliphatic carbocycles. The summed E-state index contributed by atoms with van der Waals surface area (Å²) in [5.41, 5.74) is 1.17. The second kappa shape index (κ2) is 17.2. The maximum atomic E-state index is 12.3. The van der Waals surface area contributed by atoms with E-state index < -0.39 is 11.2 Å². The van der Waals surface area contributed by atoms with Crippen molar-refractivity contribution in [2.24, 2.45) is 0 Å². The molecule has 0 saturated carbocycles. The van der Waals surface area contributed by atoms with Gasteiger partial charge in [0.15, 0.2) is 11.5 Å². The first-order valence-corrected chi connectivity index (χ1v) is 14.1. The average Bonchev–Trinajstić information content (AvgIpc) is 3.19. The van der Waals surface area contributed by atoms with Crippen LogP contribution in [0.4, 0.5) is 0 Å². The van der Waals surface area contributed by atoms with Gasteiger partial charge in [0.05, 0.1) is 0 Å². The fourth-order valence-electron chi connectivity index (χ4n) is 3.22. The van der Waals surface area contributed by atoms with E-state index in [9.17, 15) is 4.55 Å². The average molecular weight is 443 g/mol. The molecule has 0 radical (unpaired) electrons. The first kappa shape index (κ1) is 26.5. The van der Waals surface area contributed by atoms with Crippen molar-refractivity contribution in [3.8, 4) is 11.5 Å². The first-order valence-electron chi connectivity index (χ1n) is 11.4. The Labute approximate surface area is 186 Å². The van der Waals surface area contributed by atoms with Gasteiger partial charge in [-0.2, -0.15) is 11.8 Å². The number of fused-ring (bicyclic) bond motifs is 1. The Kier molecular flexibility index (Phi) is 15.7. The van der Waals surface area contributed by atoms with Crippen LogP contribution in [0.3, 0.4) is 0 Å². The van der Waals surface area contributed by atoms with E-state index >= 15 is 0 Å². The Morgan fingerprint density at radius 2 is 1.62 bits per heavy atom. The molecular weight excluding hydrogens is 400 g/mol. The molecule has 0 N–H and O–H groups in total. The Balaban J connectivity index is 0.000000516. The van der Waals surface area contributed by atoms with Crippen LogP contribution in [-0.4, -0.2) is 34.4 Å². The summed E-state index contributed by atoms with van der Waals surface area (Å²) in [5, 5.41) is 0.191. The molecule has 0 fully saturated rings. The van der Waals surface area contributed by atoms with E-state index in [1.165, 1.54) is 62.7 Å². The lowest BCUT2D eigenvalue weighted by Gasteiger charge is -2.18. The lowest BCUT2D eigenvalue weighted by atomic mass is 10.1. The number of ether oxygens (including phenoxy) is 2. The van der Waals surface area contributed by atoms with E-state index in [4.69, 9.17) is 9.47 Å². The van der Waals surface area contributed by atoms with E-state index in [-0.39, 0.29) is 5.25 Å². The molecule has 3 nitrogen and oxygen atoms in total. The molecule has 0 amide bonds. The smallest absolute Gasteiger partial charge is 0.231 e. The molecule has 0 aromatic heterocycles. The number of benzene rings is 1. The normalized spacial score (nSPS) is 14.2. The van der Waals surface area contributed by atoms with Crippen molar-refractivity contribution in [3.05, 3.63) is 23.8 Å². The predicted molar refractivity (Wildman–Crippen MR) is 130 cm³/mol. The van der Waals surface area contributed by atoms with E-state index in [0.717, 1.165) is 30.1 Å². The van der Waals surface area contributed by atoms with Gasteiger partial charge in [0.25, 0.3) is 0 Å². The van der Waals surface area contributed by atoms with Crippen LogP contribution >= 0.6 is 11.8 Å². The molecule has 0 bridgehead atoms. The Hall–Kier alpha value is -0.520. The van der Waals surface area contributed by atoms with E-state index in [1.807, 2.05) is 30.0 Å². The van der Waals surface area contributed by atoms with Gasteiger partial charge in [-0.3, -0.25) is 0 Å². The summed E-state index contributed by atoms with van der Waals surface area (Å²) in [6.45, 7) is 6.85. The fourth-order valence-corrected chi connectivity index (χ4v) is 4.98. The first-order chi connectivity index (χ1) is 14.1. The maximum absolute atomic E-state index is 12.3. The van der Waals surface area contributed by atoms with Crippen molar-refractivity contribution in [3.63, 3.8) is 0 Å². The zero-order valence-electron chi connectivity index (χ0n) is 19.0. The maximum Gasteiger partial charge on any atom is 0.231 e. The summed E-state index contributed by atoms with van der Waals surface area (Å²) >= 11 is 1.20. The molecule has 1 aliphatic rings. The van der Waals surface area contributed by atoms with E-state index in [0.29, 0.717) is 6.79 Å². The molecule has 0 spiro atoms. The van der Waals surface area contributed by atoms with Gasteiger partial charge >= 0.3 is 0 Å². The van der Waals surface area contributed by atoms with Crippen LogP contribution < -0.4 is 9.47 Å². The largest absolute Gasteiger partial charge is 0.616 e. The number of rotatable bonds is 14. The fraction of sp³-hybridized carbons (Fsp3) is 0.750. The molecule has 1 aromatic rings. The van der Waals surface area contributed by atoms with Gasteiger partial charge < -0.3 is 14.0 Å². The van der Waals surface area contributed by atoms with Crippen molar-refractivity contribution in [1.82, 2.24) is 0 Å². The van der Waals surface area contributed by atoms with Crippen LogP contribution in [0.25, 0.3) is 0 Å². The highest BCUT2D eigenvalue weighted by atomic mass is 32.2.